The summed E-state index contributed by atoms with van der Waals surface area (Å²) in [6.45, 7) is 13.4. The van der Waals surface area contributed by atoms with Gasteiger partial charge in [0.1, 0.15) is 0 Å². The van der Waals surface area contributed by atoms with Crippen LogP contribution in [0.15, 0.2) is 0 Å². The molecular formula is C14H34N2O3Si2. The molecule has 0 amide bonds. The van der Waals surface area contributed by atoms with Crippen LogP contribution >= 0.6 is 0 Å². The Morgan fingerprint density at radius 1 is 1.00 bits per heavy atom. The third-order valence-corrected chi connectivity index (χ3v) is 7.08. The van der Waals surface area contributed by atoms with Crippen LogP contribution in [0.4, 0.5) is 0 Å². The van der Waals surface area contributed by atoms with E-state index in [2.05, 4.69) is 23.0 Å². The molecule has 1 aliphatic heterocycles. The Hall–Kier alpha value is 0.234. The molecule has 126 valence electrons. The maximum absolute atomic E-state index is 6.23. The van der Waals surface area contributed by atoms with Gasteiger partial charge in [-0.2, -0.15) is 0 Å². The number of hydrogen-bond acceptors (Lipinski definition) is 5. The highest BCUT2D eigenvalue weighted by Crippen LogP contribution is 2.41. The van der Waals surface area contributed by atoms with Crippen molar-refractivity contribution < 1.29 is 14.2 Å². The molecule has 2 unspecified atom stereocenters. The van der Waals surface area contributed by atoms with E-state index in [1.54, 1.807) is 0 Å². The number of hydrogen-bond donors (Lipinski definition) is 0. The highest BCUT2D eigenvalue weighted by Gasteiger charge is 2.61. The number of rotatable bonds is 8. The van der Waals surface area contributed by atoms with Crippen LogP contribution in [0.2, 0.25) is 0 Å². The van der Waals surface area contributed by atoms with E-state index in [-0.39, 0.29) is 0 Å². The van der Waals surface area contributed by atoms with E-state index in [4.69, 9.17) is 14.2 Å². The zero-order chi connectivity index (χ0) is 16.1. The highest BCUT2D eigenvalue weighted by atomic mass is 28.2. The monoisotopic (exact) mass is 334 g/mol. The van der Waals surface area contributed by atoms with Crippen molar-refractivity contribution in [1.82, 2.24) is 9.13 Å². The lowest BCUT2D eigenvalue weighted by Crippen LogP contribution is -2.79. The van der Waals surface area contributed by atoms with Gasteiger partial charge in [-0.05, 0) is 34.1 Å². The lowest BCUT2D eigenvalue weighted by Gasteiger charge is -2.61. The standard InChI is InChI=1S/C14H34N2O3Si2/c1-6-10-12-11-15(20)13(5,17-7-2)14(16(12)21,18-8-3)19-9-4/h12H,6-11H2,1-5,20-21H3. The molecule has 5 nitrogen and oxygen atoms in total. The minimum absolute atomic E-state index is 0.491. The van der Waals surface area contributed by atoms with Gasteiger partial charge >= 0.3 is 0 Å². The molecule has 0 aromatic heterocycles. The molecule has 0 N–H and O–H groups in total. The number of nitrogens with zero attached hydrogens (tertiary/aromatic N) is 2. The van der Waals surface area contributed by atoms with Crippen LogP contribution in [0.5, 0.6) is 0 Å². The molecule has 21 heavy (non-hydrogen) atoms. The van der Waals surface area contributed by atoms with E-state index >= 15 is 0 Å². The van der Waals surface area contributed by atoms with Crippen molar-refractivity contribution in [1.29, 1.82) is 0 Å². The second-order valence-corrected chi connectivity index (χ2v) is 7.84. The Balaban J connectivity index is 3.26. The van der Waals surface area contributed by atoms with Crippen molar-refractivity contribution in [3.8, 4) is 0 Å². The van der Waals surface area contributed by atoms with Gasteiger partial charge in [0.2, 0.25) is 0 Å². The summed E-state index contributed by atoms with van der Waals surface area (Å²) in [7, 11) is 1.83. The minimum atomic E-state index is -0.779. The number of ether oxygens (including phenoxy) is 3. The van der Waals surface area contributed by atoms with Crippen molar-refractivity contribution in [3.63, 3.8) is 0 Å². The third kappa shape index (κ3) is 3.44. The Morgan fingerprint density at radius 2 is 1.52 bits per heavy atom. The quantitative estimate of drug-likeness (QED) is 0.454. The van der Waals surface area contributed by atoms with Gasteiger partial charge in [0, 0.05) is 32.4 Å². The normalized spacial score (nSPS) is 31.0. The van der Waals surface area contributed by atoms with Crippen LogP contribution in [-0.2, 0) is 14.2 Å². The summed E-state index contributed by atoms with van der Waals surface area (Å²) in [5, 5.41) is 0. The van der Waals surface area contributed by atoms with Crippen LogP contribution in [-0.4, -0.2) is 74.0 Å². The smallest absolute Gasteiger partial charge is 0.267 e. The van der Waals surface area contributed by atoms with E-state index in [1.165, 1.54) is 12.8 Å². The molecule has 0 radical (unpaired) electrons. The first-order chi connectivity index (χ1) is 9.93. The molecule has 1 aliphatic rings. The van der Waals surface area contributed by atoms with E-state index < -0.39 is 11.6 Å². The van der Waals surface area contributed by atoms with E-state index in [0.717, 1.165) is 27.4 Å². The summed E-state index contributed by atoms with van der Waals surface area (Å²) in [4.78, 5) is 0. The van der Waals surface area contributed by atoms with Crippen molar-refractivity contribution in [2.75, 3.05) is 26.4 Å². The molecule has 0 aromatic rings. The predicted octanol–water partition coefficient (Wildman–Crippen LogP) is -0.187. The molecule has 0 aromatic carbocycles. The summed E-state index contributed by atoms with van der Waals surface area (Å²) < 4.78 is 23.5. The lowest BCUT2D eigenvalue weighted by molar-refractivity contribution is -0.415. The summed E-state index contributed by atoms with van der Waals surface area (Å²) in [6.07, 6.45) is 2.35. The van der Waals surface area contributed by atoms with Crippen LogP contribution < -0.4 is 0 Å². The second kappa shape index (κ2) is 8.19. The van der Waals surface area contributed by atoms with Gasteiger partial charge < -0.3 is 14.2 Å². The molecule has 2 atom stereocenters. The van der Waals surface area contributed by atoms with Crippen molar-refractivity contribution in [2.24, 2.45) is 0 Å². The largest absolute Gasteiger partial charge is 0.354 e. The van der Waals surface area contributed by atoms with Gasteiger partial charge in [0.25, 0.3) is 5.91 Å². The summed E-state index contributed by atoms with van der Waals surface area (Å²) >= 11 is 0. The molecule has 1 rings (SSSR count). The predicted molar refractivity (Wildman–Crippen MR) is 93.1 cm³/mol. The maximum atomic E-state index is 6.23. The van der Waals surface area contributed by atoms with Crippen molar-refractivity contribution in [2.45, 2.75) is 65.1 Å². The first kappa shape index (κ1) is 19.3. The fourth-order valence-electron chi connectivity index (χ4n) is 3.43. The second-order valence-electron chi connectivity index (χ2n) is 5.80. The summed E-state index contributed by atoms with van der Waals surface area (Å²) in [5.74, 6) is -0.779. The topological polar surface area (TPSA) is 34.2 Å². The summed E-state index contributed by atoms with van der Waals surface area (Å²) in [5.41, 5.74) is -0.536. The van der Waals surface area contributed by atoms with Gasteiger partial charge in [0.05, 0.1) is 20.8 Å². The number of piperazine rings is 1. The first-order valence-corrected chi connectivity index (χ1v) is 10.1. The van der Waals surface area contributed by atoms with Crippen molar-refractivity contribution >= 4 is 20.8 Å². The minimum Gasteiger partial charge on any atom is -0.354 e. The fraction of sp³-hybridized carbons (Fsp3) is 1.00. The Kier molecular flexibility index (Phi) is 7.52. The van der Waals surface area contributed by atoms with Gasteiger partial charge in [-0.25, -0.2) is 0 Å². The molecule has 1 heterocycles. The average molecular weight is 335 g/mol. The highest BCUT2D eigenvalue weighted by molar-refractivity contribution is 6.07. The fourth-order valence-corrected chi connectivity index (χ4v) is 5.35. The Morgan fingerprint density at radius 3 is 1.95 bits per heavy atom. The lowest BCUT2D eigenvalue weighted by atomic mass is 10.0. The molecule has 1 saturated heterocycles. The SMILES string of the molecule is CCCC1CN([SiH3])C(C)(OCC)C(OCC)(OCC)N1[SiH3]. The van der Waals surface area contributed by atoms with Gasteiger partial charge in [-0.15, -0.1) is 0 Å². The molecule has 0 aliphatic carbocycles. The third-order valence-electron chi connectivity index (χ3n) is 4.54. The maximum Gasteiger partial charge on any atom is 0.267 e. The molecule has 7 heteroatoms. The molecule has 0 saturated carbocycles. The molecule has 1 fully saturated rings. The van der Waals surface area contributed by atoms with E-state index in [0.29, 0.717) is 25.9 Å². The van der Waals surface area contributed by atoms with Gasteiger partial charge in [0.15, 0.2) is 5.72 Å². The molecular weight excluding hydrogens is 300 g/mol. The average Bonchev–Trinajstić information content (AvgIpc) is 2.44. The zero-order valence-corrected chi connectivity index (χ0v) is 18.9. The van der Waals surface area contributed by atoms with Crippen molar-refractivity contribution in [3.05, 3.63) is 0 Å². The van der Waals surface area contributed by atoms with Gasteiger partial charge in [-0.3, -0.25) is 9.13 Å². The van der Waals surface area contributed by atoms with Crippen LogP contribution in [0, 0.1) is 0 Å². The molecule has 0 spiro atoms. The van der Waals surface area contributed by atoms with Crippen LogP contribution in [0.3, 0.4) is 0 Å². The first-order valence-electron chi connectivity index (χ1n) is 8.29. The van der Waals surface area contributed by atoms with Crippen LogP contribution in [0.25, 0.3) is 0 Å². The van der Waals surface area contributed by atoms with Gasteiger partial charge in [-0.1, -0.05) is 13.3 Å². The molecule has 0 bridgehead atoms. The summed E-state index contributed by atoms with van der Waals surface area (Å²) in [6, 6.07) is 0.491. The zero-order valence-electron chi connectivity index (χ0n) is 14.9. The van der Waals surface area contributed by atoms with Crippen LogP contribution in [0.1, 0.15) is 47.5 Å². The van der Waals surface area contributed by atoms with E-state index in [1.807, 2.05) is 20.8 Å². The van der Waals surface area contributed by atoms with E-state index in [9.17, 15) is 0 Å². The Bertz CT molecular complexity index is 317. The Labute approximate surface area is 136 Å².